The van der Waals surface area contributed by atoms with E-state index in [4.69, 9.17) is 68.3 Å². The fraction of sp³-hybridized carbons (Fsp3) is 0.600. The first-order chi connectivity index (χ1) is 68.0. The lowest BCUT2D eigenvalue weighted by Crippen LogP contribution is -2.55. The zero-order valence-electron chi connectivity index (χ0n) is 85.2. The Morgan fingerprint density at radius 2 is 0.725 bits per heavy atom. The van der Waals surface area contributed by atoms with E-state index in [1.54, 1.807) is 30.3 Å². The predicted molar refractivity (Wildman–Crippen MR) is 531 cm³/mol. The van der Waals surface area contributed by atoms with Crippen LogP contribution in [0.5, 0.6) is 0 Å². The molecule has 20 rings (SSSR count). The van der Waals surface area contributed by atoms with E-state index in [-0.39, 0.29) is 83.0 Å². The van der Waals surface area contributed by atoms with Crippen molar-refractivity contribution >= 4 is 99.0 Å². The minimum atomic E-state index is -1.04. The normalized spacial score (nSPS) is 23.6. The van der Waals surface area contributed by atoms with E-state index in [2.05, 4.69) is 99.0 Å². The average Bonchev–Trinajstić information content (AvgIpc) is 1.59. The van der Waals surface area contributed by atoms with Gasteiger partial charge in [0.15, 0.2) is 46.4 Å². The van der Waals surface area contributed by atoms with E-state index in [0.717, 1.165) is 200 Å². The Morgan fingerprint density at radius 3 is 1.06 bits per heavy atom. The molecule has 2 spiro atoms. The highest BCUT2D eigenvalue weighted by Crippen LogP contribution is 2.49. The van der Waals surface area contributed by atoms with Gasteiger partial charge in [-0.1, -0.05) is 52.8 Å². The maximum absolute atomic E-state index is 12.8. The number of anilines is 6. The number of nitrogens with one attached hydrogen (secondary N) is 2. The molecule has 37 nitrogen and oxygen atoms in total. The van der Waals surface area contributed by atoms with Crippen LogP contribution >= 0.6 is 0 Å². The first kappa shape index (κ1) is 103. The zero-order chi connectivity index (χ0) is 101. The molecule has 762 valence electrons. The van der Waals surface area contributed by atoms with E-state index in [1.165, 1.54) is 64.4 Å². The number of alkyl carbamates (subject to hydrolysis) is 2. The van der Waals surface area contributed by atoms with E-state index < -0.39 is 35.3 Å². The number of aryl methyl sites for hydroxylation is 3. The van der Waals surface area contributed by atoms with Gasteiger partial charge in [-0.05, 0) is 267 Å². The third kappa shape index (κ3) is 22.7. The van der Waals surface area contributed by atoms with Gasteiger partial charge in [-0.15, -0.1) is 10.2 Å². The number of carbonyl (C=O) groups excluding carboxylic acids is 6. The highest BCUT2D eigenvalue weighted by Gasteiger charge is 2.53. The number of rotatable bonds is 13. The summed E-state index contributed by atoms with van der Waals surface area (Å²) >= 11 is 0. The van der Waals surface area contributed by atoms with Crippen molar-refractivity contribution in [3.8, 4) is 0 Å². The van der Waals surface area contributed by atoms with Crippen LogP contribution in [0.15, 0.2) is 73.1 Å². The van der Waals surface area contributed by atoms with Gasteiger partial charge >= 0.3 is 42.0 Å². The molecule has 17 heterocycles. The molecule has 0 saturated carbocycles. The molecule has 3 unspecified atom stereocenters. The smallest absolute Gasteiger partial charge is 0.407 e. The first-order valence-electron chi connectivity index (χ1n) is 50.6. The summed E-state index contributed by atoms with van der Waals surface area (Å²) < 4.78 is 58.5. The molecular weight excluding hydrogens is 1820 g/mol. The number of hydrogen-bond acceptors (Lipinski definition) is 32. The molecular formula is C105H139N19O18. The summed E-state index contributed by atoms with van der Waals surface area (Å²) in [5.74, 6) is 2.02. The number of ether oxygens (including phenoxy) is 10. The number of carboxylic acid groups (broad SMARTS) is 1. The number of esters is 4. The molecule has 0 radical (unpaired) electrons. The topological polar surface area (TPSA) is 421 Å². The van der Waals surface area contributed by atoms with Crippen LogP contribution in [0.25, 0.3) is 22.3 Å². The van der Waals surface area contributed by atoms with Crippen molar-refractivity contribution in [2.45, 2.75) is 302 Å². The van der Waals surface area contributed by atoms with Crippen LogP contribution in [0.2, 0.25) is 0 Å². The molecule has 8 aliphatic heterocycles. The fourth-order valence-corrected chi connectivity index (χ4v) is 21.7. The predicted octanol–water partition coefficient (Wildman–Crippen LogP) is 17.3. The van der Waals surface area contributed by atoms with Gasteiger partial charge in [0.1, 0.15) is 51.3 Å². The van der Waals surface area contributed by atoms with Gasteiger partial charge in [-0.2, -0.15) is 0 Å². The number of amides is 2. The third-order valence-corrected chi connectivity index (χ3v) is 29.5. The minimum absolute atomic E-state index is 0.0340. The molecule has 3 N–H and O–H groups in total. The minimum Gasteiger partial charge on any atom is -0.477 e. The van der Waals surface area contributed by atoms with Crippen molar-refractivity contribution in [2.75, 3.05) is 114 Å². The summed E-state index contributed by atoms with van der Waals surface area (Å²) in [6.45, 7) is 32.8. The van der Waals surface area contributed by atoms with Crippen molar-refractivity contribution in [1.82, 2.24) is 75.1 Å². The summed E-state index contributed by atoms with van der Waals surface area (Å²) in [4.78, 5) is 135. The first-order valence-corrected chi connectivity index (χ1v) is 50.6. The van der Waals surface area contributed by atoms with E-state index >= 15 is 0 Å². The monoisotopic (exact) mass is 1950 g/mol. The van der Waals surface area contributed by atoms with Crippen LogP contribution in [-0.2, 0) is 66.6 Å². The largest absolute Gasteiger partial charge is 0.477 e. The maximum Gasteiger partial charge on any atom is 0.407 e. The number of pyridine rings is 5. The molecule has 11 atom stereocenters. The number of piperidine rings is 2. The SMILES string of the molecule is COC(=O)c1ccc2c(n1)C(C)CCC2.COC(=O)c1ccc2c(n1)[C@@H](C)CCC2.COC(=O)c1ccc2c(n1)[C@@H](C)CCN2c1nn(C2CCCCO2)c2nc(N3CCC4(CC3)CO[C@@H](C)[C@H]4NC(=O)OC(C)(C)C)cnc12.COC(=O)c1ccc2c(n1)[C@H](C)CCC2.C[C@@H]1OCC2(CCN(c3cnc4c(N5CC[C@H](C)c6nc(C(=O)O)ccc65)nn(C5CCCCO5)c4n3)CC2)[C@@H]1NC(=O)OC(C)(C)C. The van der Waals surface area contributed by atoms with Crippen molar-refractivity contribution < 1.29 is 86.0 Å². The van der Waals surface area contributed by atoms with Gasteiger partial charge in [0.05, 0.1) is 101 Å². The zero-order valence-corrected chi connectivity index (χ0v) is 85.2. The quantitative estimate of drug-likeness (QED) is 0.0713. The highest BCUT2D eigenvalue weighted by molar-refractivity contribution is 5.93. The maximum atomic E-state index is 12.8. The molecule has 6 saturated heterocycles. The summed E-state index contributed by atoms with van der Waals surface area (Å²) in [5, 5.41) is 26.1. The number of carbonyl (C=O) groups is 7. The van der Waals surface area contributed by atoms with Gasteiger partial charge in [-0.3, -0.25) is 0 Å². The fourth-order valence-electron chi connectivity index (χ4n) is 21.7. The second-order valence-corrected chi connectivity index (χ2v) is 41.7. The van der Waals surface area contributed by atoms with E-state index in [1.807, 2.05) is 107 Å². The van der Waals surface area contributed by atoms with Crippen molar-refractivity contribution in [1.29, 1.82) is 0 Å². The Labute approximate surface area is 829 Å². The Hall–Kier alpha value is -12.2. The summed E-state index contributed by atoms with van der Waals surface area (Å²) in [5.41, 5.74) is 13.1. The van der Waals surface area contributed by atoms with Crippen LogP contribution in [0, 0.1) is 10.8 Å². The lowest BCUT2D eigenvalue weighted by Gasteiger charge is -2.42. The van der Waals surface area contributed by atoms with Crippen molar-refractivity contribution in [3.05, 3.63) is 147 Å². The van der Waals surface area contributed by atoms with E-state index in [0.29, 0.717) is 107 Å². The highest BCUT2D eigenvalue weighted by atomic mass is 16.6. The van der Waals surface area contributed by atoms with Crippen LogP contribution in [0.4, 0.5) is 44.2 Å². The van der Waals surface area contributed by atoms with Gasteiger partial charge in [-0.25, -0.2) is 87.8 Å². The van der Waals surface area contributed by atoms with Crippen molar-refractivity contribution in [3.63, 3.8) is 0 Å². The average molecular weight is 1960 g/mol. The number of methoxy groups -OCH3 is 4. The van der Waals surface area contributed by atoms with Crippen molar-refractivity contribution in [2.24, 2.45) is 10.8 Å². The molecule has 0 bridgehead atoms. The molecule has 142 heavy (non-hydrogen) atoms. The Balaban J connectivity index is 0.000000143. The van der Waals surface area contributed by atoms with Gasteiger partial charge in [0, 0.05) is 92.2 Å². The van der Waals surface area contributed by atoms with Crippen LogP contribution in [-0.4, -0.2) is 241 Å². The molecule has 3 aliphatic carbocycles. The van der Waals surface area contributed by atoms with Crippen LogP contribution in [0.1, 0.15) is 345 Å². The second kappa shape index (κ2) is 43.9. The summed E-state index contributed by atoms with van der Waals surface area (Å²) in [6, 6.07) is 18.0. The number of aromatic nitrogens is 13. The number of hydrogen-bond donors (Lipinski definition) is 3. The lowest BCUT2D eigenvalue weighted by molar-refractivity contribution is -0.0369. The molecule has 9 aromatic rings. The van der Waals surface area contributed by atoms with Crippen LogP contribution < -0.4 is 30.2 Å². The second-order valence-electron chi connectivity index (χ2n) is 41.7. The lowest BCUT2D eigenvalue weighted by atomic mass is 9.73. The standard InChI is InChI=1S/C35H48N8O6.C34H46N8O6.3C12H15NO2/c1-21-12-15-42(24-11-10-23(32(44)46-6)37-27(21)24)31-28-30(43(40-31)26-9-7-8-18-47-26)38-25(19-36-28)41-16-13-35(14-17-41)20-48-22(2)29(35)39-33(45)49-34(3,4)5;1-20-11-14-41(23-10-9-22(31(43)44)36-26(20)23)30-27-29(42(39-30)25-8-6-7-17-46-25)37-24(18-35-27)40-15-12-34(13-16-40)19-47-21(2)28(34)38-32(45)48-33(3,4)5;3*1-8-4-3-5-9-6-7-10(12(14)15-2)13-11(8)9/h10-11,19,21-22,26,29H,7-9,12-18,20H2,1-6H3,(H,39,45);9-10,18,20-21,25,28H,6-8,11-17,19H2,1-5H3,(H,38,45)(H,43,44);3*6-8H,3-5H2,1-2H3/t21-,22-,26?,29+;20-,21-,25?,28+;2*8-;/m0010./s1. The third-order valence-electron chi connectivity index (χ3n) is 29.5. The van der Waals surface area contributed by atoms with E-state index in [9.17, 15) is 38.7 Å². The molecule has 9 aromatic heterocycles. The summed E-state index contributed by atoms with van der Waals surface area (Å²) in [6.07, 6.45) is 23.2. The molecule has 2 amide bonds. The number of carboxylic acids is 1. The van der Waals surface area contributed by atoms with Gasteiger partial charge in [0.2, 0.25) is 0 Å². The van der Waals surface area contributed by atoms with Gasteiger partial charge < -0.3 is 82.7 Å². The number of nitrogens with zero attached hydrogens (tertiary/aromatic N) is 17. The van der Waals surface area contributed by atoms with Crippen LogP contribution in [0.3, 0.4) is 0 Å². The molecule has 6 fully saturated rings. The number of fused-ring (bicyclic) bond motifs is 7. The Kier molecular flexibility index (Phi) is 31.8. The molecule has 0 aromatic carbocycles. The Bertz CT molecular complexity index is 5890. The Morgan fingerprint density at radius 1 is 0.394 bits per heavy atom. The number of aromatic carboxylic acids is 1. The summed E-state index contributed by atoms with van der Waals surface area (Å²) in [7, 11) is 5.51. The molecule has 11 aliphatic rings. The molecule has 37 heteroatoms. The van der Waals surface area contributed by atoms with Gasteiger partial charge in [0.25, 0.3) is 0 Å².